The fourth-order valence-electron chi connectivity index (χ4n) is 2.39. The fraction of sp³-hybridized carbons (Fsp3) is 0.294. The molecule has 1 aromatic carbocycles. The zero-order valence-corrected chi connectivity index (χ0v) is 14.0. The van der Waals surface area contributed by atoms with Gasteiger partial charge in [0, 0.05) is 32.8 Å². The van der Waals surface area contributed by atoms with E-state index in [9.17, 15) is 24.3 Å². The summed E-state index contributed by atoms with van der Waals surface area (Å²) in [4.78, 5) is 48.4. The summed E-state index contributed by atoms with van der Waals surface area (Å²) in [6, 6.07) is 9.09. The maximum Gasteiger partial charge on any atom is 0.331 e. The van der Waals surface area contributed by atoms with Crippen LogP contribution in [0.3, 0.4) is 0 Å². The van der Waals surface area contributed by atoms with Crippen molar-refractivity contribution in [3.05, 3.63) is 69.0 Å². The van der Waals surface area contributed by atoms with Crippen molar-refractivity contribution < 1.29 is 14.7 Å². The first-order valence-electron chi connectivity index (χ1n) is 7.60. The van der Waals surface area contributed by atoms with Gasteiger partial charge in [-0.1, -0.05) is 30.3 Å². The highest BCUT2D eigenvalue weighted by Gasteiger charge is 2.27. The molecular weight excluding hydrogens is 326 g/mol. The van der Waals surface area contributed by atoms with Gasteiger partial charge in [-0.25, -0.2) is 9.59 Å². The van der Waals surface area contributed by atoms with Gasteiger partial charge in [-0.15, -0.1) is 0 Å². The Morgan fingerprint density at radius 1 is 1.16 bits per heavy atom. The highest BCUT2D eigenvalue weighted by molar-refractivity contribution is 5.83. The summed E-state index contributed by atoms with van der Waals surface area (Å²) in [5.74, 6) is -1.67. The quantitative estimate of drug-likeness (QED) is 0.775. The highest BCUT2D eigenvalue weighted by Crippen LogP contribution is 2.09. The molecular formula is C17H19N3O5. The van der Waals surface area contributed by atoms with Crippen LogP contribution in [0.2, 0.25) is 0 Å². The van der Waals surface area contributed by atoms with Gasteiger partial charge in [0.25, 0.3) is 5.56 Å². The molecule has 2 rings (SSSR count). The van der Waals surface area contributed by atoms with E-state index in [-0.39, 0.29) is 13.0 Å². The van der Waals surface area contributed by atoms with Crippen molar-refractivity contribution >= 4 is 11.9 Å². The summed E-state index contributed by atoms with van der Waals surface area (Å²) < 4.78 is 1.95. The monoisotopic (exact) mass is 345 g/mol. The van der Waals surface area contributed by atoms with E-state index in [0.717, 1.165) is 19.6 Å². The van der Waals surface area contributed by atoms with Crippen LogP contribution in [0, 0.1) is 0 Å². The zero-order chi connectivity index (χ0) is 18.6. The molecule has 0 radical (unpaired) electrons. The number of aromatic nitrogens is 2. The normalized spacial score (nSPS) is 11.8. The third kappa shape index (κ3) is 4.23. The molecule has 0 fully saturated rings. The first-order chi connectivity index (χ1) is 11.8. The molecule has 0 bridgehead atoms. The van der Waals surface area contributed by atoms with Gasteiger partial charge < -0.3 is 10.0 Å². The first kappa shape index (κ1) is 18.2. The Kier molecular flexibility index (Phi) is 5.53. The summed E-state index contributed by atoms with van der Waals surface area (Å²) in [6.07, 6.45) is 1.38. The smallest absolute Gasteiger partial charge is 0.331 e. The van der Waals surface area contributed by atoms with Gasteiger partial charge >= 0.3 is 11.7 Å². The lowest BCUT2D eigenvalue weighted by Crippen LogP contribution is -2.47. The standard InChI is InChI=1S/C17H19N3O5/c1-18(13(16(23)24)10-12-6-4-3-5-7-12)15(22)11-20-9-8-14(21)19(2)17(20)25/h3-9,13H,10-11H2,1-2H3,(H,23,24). The number of nitrogens with zero attached hydrogens (tertiary/aromatic N) is 3. The van der Waals surface area contributed by atoms with Gasteiger partial charge in [0.15, 0.2) is 0 Å². The average molecular weight is 345 g/mol. The first-order valence-corrected chi connectivity index (χ1v) is 7.60. The van der Waals surface area contributed by atoms with Crippen LogP contribution in [0.5, 0.6) is 0 Å². The number of benzene rings is 1. The van der Waals surface area contributed by atoms with Gasteiger partial charge in [0.1, 0.15) is 12.6 Å². The predicted molar refractivity (Wildman–Crippen MR) is 90.3 cm³/mol. The summed E-state index contributed by atoms with van der Waals surface area (Å²) in [5.41, 5.74) is -0.326. The van der Waals surface area contributed by atoms with E-state index < -0.39 is 29.2 Å². The van der Waals surface area contributed by atoms with Crippen LogP contribution in [0.15, 0.2) is 52.2 Å². The van der Waals surface area contributed by atoms with E-state index >= 15 is 0 Å². The van der Waals surface area contributed by atoms with E-state index in [1.165, 1.54) is 26.4 Å². The summed E-state index contributed by atoms with van der Waals surface area (Å²) in [6.45, 7) is -0.345. The van der Waals surface area contributed by atoms with Crippen molar-refractivity contribution in [1.82, 2.24) is 14.0 Å². The number of rotatable bonds is 6. The number of carbonyl (C=O) groups excluding carboxylic acids is 1. The van der Waals surface area contributed by atoms with E-state index in [4.69, 9.17) is 0 Å². The molecule has 1 amide bonds. The zero-order valence-electron chi connectivity index (χ0n) is 14.0. The van der Waals surface area contributed by atoms with E-state index in [1.54, 1.807) is 24.3 Å². The Labute approximate surface area is 143 Å². The number of carboxylic acid groups (broad SMARTS) is 1. The van der Waals surface area contributed by atoms with E-state index in [0.29, 0.717) is 0 Å². The van der Waals surface area contributed by atoms with Crippen molar-refractivity contribution in [3.8, 4) is 0 Å². The minimum Gasteiger partial charge on any atom is -0.480 e. The summed E-state index contributed by atoms with van der Waals surface area (Å²) in [5, 5.41) is 9.45. The van der Waals surface area contributed by atoms with Gasteiger partial charge in [0.2, 0.25) is 5.91 Å². The SMILES string of the molecule is CN(C(=O)Cn1ccc(=O)n(C)c1=O)C(Cc1ccccc1)C(=O)O. The molecule has 2 aromatic rings. The molecule has 1 heterocycles. The Morgan fingerprint density at radius 2 is 1.80 bits per heavy atom. The average Bonchev–Trinajstić information content (AvgIpc) is 2.60. The predicted octanol–water partition coefficient (Wildman–Crippen LogP) is -0.299. The van der Waals surface area contributed by atoms with Crippen LogP contribution in [0.25, 0.3) is 0 Å². The van der Waals surface area contributed by atoms with Gasteiger partial charge in [-0.2, -0.15) is 0 Å². The van der Waals surface area contributed by atoms with Gasteiger partial charge in [-0.3, -0.25) is 18.7 Å². The Bertz CT molecular complexity index is 885. The van der Waals surface area contributed by atoms with E-state index in [1.807, 2.05) is 6.07 Å². The molecule has 0 aliphatic heterocycles. The van der Waals surface area contributed by atoms with Crippen molar-refractivity contribution in [2.45, 2.75) is 19.0 Å². The minimum atomic E-state index is -1.13. The van der Waals surface area contributed by atoms with Crippen LogP contribution in [0.1, 0.15) is 5.56 Å². The Hall–Kier alpha value is -3.16. The molecule has 1 atom stereocenters. The van der Waals surface area contributed by atoms with Crippen molar-refractivity contribution in [2.75, 3.05) is 7.05 Å². The number of aliphatic carboxylic acids is 1. The lowest BCUT2D eigenvalue weighted by atomic mass is 10.1. The van der Waals surface area contributed by atoms with Crippen molar-refractivity contribution in [2.24, 2.45) is 7.05 Å². The van der Waals surface area contributed by atoms with Crippen molar-refractivity contribution in [3.63, 3.8) is 0 Å². The third-order valence-corrected chi connectivity index (χ3v) is 3.98. The number of hydrogen-bond acceptors (Lipinski definition) is 4. The molecule has 0 spiro atoms. The molecule has 8 heteroatoms. The molecule has 132 valence electrons. The second kappa shape index (κ2) is 7.61. The van der Waals surface area contributed by atoms with Gasteiger partial charge in [-0.05, 0) is 5.56 Å². The van der Waals surface area contributed by atoms with Crippen molar-refractivity contribution in [1.29, 1.82) is 0 Å². The Balaban J connectivity index is 2.19. The molecule has 8 nitrogen and oxygen atoms in total. The maximum absolute atomic E-state index is 12.4. The largest absolute Gasteiger partial charge is 0.480 e. The second-order valence-electron chi connectivity index (χ2n) is 5.67. The van der Waals surface area contributed by atoms with Crippen LogP contribution in [-0.2, 0) is 29.6 Å². The van der Waals surface area contributed by atoms with Crippen LogP contribution >= 0.6 is 0 Å². The second-order valence-corrected chi connectivity index (χ2v) is 5.67. The summed E-state index contributed by atoms with van der Waals surface area (Å²) >= 11 is 0. The third-order valence-electron chi connectivity index (χ3n) is 3.98. The number of likely N-dealkylation sites (N-methyl/N-ethyl adjacent to an activating group) is 1. The lowest BCUT2D eigenvalue weighted by molar-refractivity contribution is -0.149. The summed E-state index contributed by atoms with van der Waals surface area (Å²) in [7, 11) is 2.70. The topological polar surface area (TPSA) is 102 Å². The molecule has 0 aliphatic carbocycles. The highest BCUT2D eigenvalue weighted by atomic mass is 16.4. The Morgan fingerprint density at radius 3 is 2.40 bits per heavy atom. The number of hydrogen-bond donors (Lipinski definition) is 1. The maximum atomic E-state index is 12.4. The minimum absolute atomic E-state index is 0.153. The van der Waals surface area contributed by atoms with Crippen LogP contribution in [0.4, 0.5) is 0 Å². The van der Waals surface area contributed by atoms with Crippen LogP contribution in [-0.4, -0.2) is 44.1 Å². The molecule has 1 N–H and O–H groups in total. The van der Waals surface area contributed by atoms with E-state index in [2.05, 4.69) is 0 Å². The molecule has 0 saturated heterocycles. The number of amides is 1. The van der Waals surface area contributed by atoms with Crippen LogP contribution < -0.4 is 11.2 Å². The number of carbonyl (C=O) groups is 2. The molecule has 0 saturated carbocycles. The molecule has 1 aromatic heterocycles. The number of carboxylic acids is 1. The lowest BCUT2D eigenvalue weighted by Gasteiger charge is -2.25. The van der Waals surface area contributed by atoms with Gasteiger partial charge in [0.05, 0.1) is 0 Å². The fourth-order valence-corrected chi connectivity index (χ4v) is 2.39. The molecule has 0 aliphatic rings. The molecule has 1 unspecified atom stereocenters. The molecule has 25 heavy (non-hydrogen) atoms.